The Labute approximate surface area is 255 Å². The van der Waals surface area contributed by atoms with Crippen molar-refractivity contribution in [2.75, 3.05) is 26.2 Å². The Morgan fingerprint density at radius 1 is 1.18 bits per heavy atom. The summed E-state index contributed by atoms with van der Waals surface area (Å²) < 4.78 is 53.6. The van der Waals surface area contributed by atoms with Crippen molar-refractivity contribution < 1.29 is 27.4 Å². The van der Waals surface area contributed by atoms with Crippen LogP contribution in [0.15, 0.2) is 43.1 Å². The quantitative estimate of drug-likeness (QED) is 0.301. The maximum absolute atomic E-state index is 13.6. The van der Waals surface area contributed by atoms with Gasteiger partial charge in [0.2, 0.25) is 5.88 Å². The number of nitrogens with zero attached hydrogens (tertiary/aromatic N) is 8. The van der Waals surface area contributed by atoms with Crippen LogP contribution < -0.4 is 4.74 Å². The number of piperidine rings is 1. The average Bonchev–Trinajstić information content (AvgIpc) is 3.77. The van der Waals surface area contributed by atoms with Crippen LogP contribution >= 0.6 is 0 Å². The number of H-pyrrole nitrogens is 1. The number of hydrogen-bond acceptors (Lipinski definition) is 9. The Morgan fingerprint density at radius 2 is 2.00 bits per heavy atom. The second-order valence-corrected chi connectivity index (χ2v) is 11.8. The van der Waals surface area contributed by atoms with Gasteiger partial charge in [-0.1, -0.05) is 0 Å². The number of ether oxygens (including phenoxy) is 2. The van der Waals surface area contributed by atoms with Gasteiger partial charge < -0.3 is 19.4 Å². The molecule has 4 aromatic heterocycles. The number of likely N-dealkylation sites (tertiary alicyclic amines) is 1. The van der Waals surface area contributed by atoms with E-state index in [2.05, 4.69) is 36.0 Å². The minimum absolute atomic E-state index is 0.0152. The third-order valence-electron chi connectivity index (χ3n) is 8.99. The first-order chi connectivity index (χ1) is 21.7. The Bertz CT molecular complexity index is 1750. The van der Waals surface area contributed by atoms with E-state index in [1.807, 2.05) is 23.1 Å². The summed E-state index contributed by atoms with van der Waals surface area (Å²) in [4.78, 5) is 31.1. The van der Waals surface area contributed by atoms with Crippen molar-refractivity contribution in [3.63, 3.8) is 0 Å². The van der Waals surface area contributed by atoms with E-state index in [0.717, 1.165) is 41.2 Å². The largest absolute Gasteiger partial charge is 0.474 e. The number of amides is 1. The molecule has 6 heterocycles. The second kappa shape index (κ2) is 11.3. The van der Waals surface area contributed by atoms with Crippen molar-refractivity contribution in [1.82, 2.24) is 39.5 Å². The van der Waals surface area contributed by atoms with Crippen LogP contribution in [0.1, 0.15) is 43.4 Å². The van der Waals surface area contributed by atoms with Gasteiger partial charge in [0.1, 0.15) is 30.4 Å². The van der Waals surface area contributed by atoms with Crippen molar-refractivity contribution in [3.05, 3.63) is 54.4 Å². The third-order valence-corrected chi connectivity index (χ3v) is 8.99. The standard InChI is InChI=1S/C30H30F3N9O3/c31-30(32,33)24-11-19(16-41-9-10-44-28(41)43)12-25(39-24)45-22-2-7-40(8-3-22)21-13-29(14-21,4-5-34)42-17-20(15-38-42)26-23-1-6-35-27(23)37-18-36-26/h1,6,11-12,15,17-18,21-22H,2-4,7-10,13-14,16H2,(H,35,36,37)/t21-,29+. The number of carbonyl (C=O) groups is 1. The van der Waals surface area contributed by atoms with Gasteiger partial charge in [0, 0.05) is 55.1 Å². The fraction of sp³-hybridized carbons (Fsp3) is 0.467. The molecule has 2 saturated heterocycles. The van der Waals surface area contributed by atoms with Crippen LogP contribution in [0.2, 0.25) is 0 Å². The highest BCUT2D eigenvalue weighted by Crippen LogP contribution is 2.45. The van der Waals surface area contributed by atoms with E-state index >= 15 is 0 Å². The predicted molar refractivity (Wildman–Crippen MR) is 153 cm³/mol. The van der Waals surface area contributed by atoms with Crippen molar-refractivity contribution in [3.8, 4) is 23.2 Å². The normalized spacial score (nSPS) is 22.8. The fourth-order valence-corrected chi connectivity index (χ4v) is 6.62. The number of alkyl halides is 3. The van der Waals surface area contributed by atoms with E-state index < -0.39 is 23.5 Å². The zero-order valence-electron chi connectivity index (χ0n) is 24.2. The van der Waals surface area contributed by atoms with Crippen LogP contribution in [0.5, 0.6) is 5.88 Å². The molecule has 12 nitrogen and oxygen atoms in total. The lowest BCUT2D eigenvalue weighted by atomic mass is 9.69. The lowest BCUT2D eigenvalue weighted by Gasteiger charge is -2.52. The molecule has 15 heteroatoms. The van der Waals surface area contributed by atoms with E-state index in [4.69, 9.17) is 9.47 Å². The smallest absolute Gasteiger partial charge is 0.433 e. The molecule has 0 aromatic carbocycles. The Balaban J connectivity index is 0.988. The number of nitriles is 1. The lowest BCUT2D eigenvalue weighted by Crippen LogP contribution is -2.58. The number of rotatable bonds is 8. The number of fused-ring (bicyclic) bond motifs is 1. The minimum atomic E-state index is -4.65. The molecule has 1 N–H and O–H groups in total. The fourth-order valence-electron chi connectivity index (χ4n) is 6.62. The van der Waals surface area contributed by atoms with Gasteiger partial charge in [-0.3, -0.25) is 9.58 Å². The number of hydrogen-bond donors (Lipinski definition) is 1. The minimum Gasteiger partial charge on any atom is -0.474 e. The van der Waals surface area contributed by atoms with Gasteiger partial charge in [-0.2, -0.15) is 23.5 Å². The first-order valence-electron chi connectivity index (χ1n) is 14.8. The van der Waals surface area contributed by atoms with Crippen molar-refractivity contribution in [2.45, 2.75) is 62.5 Å². The molecule has 0 unspecified atom stereocenters. The second-order valence-electron chi connectivity index (χ2n) is 11.8. The summed E-state index contributed by atoms with van der Waals surface area (Å²) in [7, 11) is 0. The summed E-state index contributed by atoms with van der Waals surface area (Å²) in [5.41, 5.74) is 1.18. The number of halogens is 3. The summed E-state index contributed by atoms with van der Waals surface area (Å²) in [6.07, 6.45) is 4.64. The number of carbonyl (C=O) groups excluding carboxylic acids is 1. The predicted octanol–water partition coefficient (Wildman–Crippen LogP) is 4.50. The van der Waals surface area contributed by atoms with E-state index in [-0.39, 0.29) is 36.7 Å². The summed E-state index contributed by atoms with van der Waals surface area (Å²) in [5, 5.41) is 15.2. The van der Waals surface area contributed by atoms with Gasteiger partial charge in [-0.15, -0.1) is 0 Å². The molecule has 45 heavy (non-hydrogen) atoms. The topological polar surface area (TPSA) is 138 Å². The molecule has 0 spiro atoms. The van der Waals surface area contributed by atoms with E-state index in [1.165, 1.54) is 17.3 Å². The molecule has 1 amide bonds. The Morgan fingerprint density at radius 3 is 2.73 bits per heavy atom. The Hall–Kier alpha value is -4.71. The summed E-state index contributed by atoms with van der Waals surface area (Å²) >= 11 is 0. The molecule has 1 aliphatic carbocycles. The van der Waals surface area contributed by atoms with E-state index in [0.29, 0.717) is 38.9 Å². The van der Waals surface area contributed by atoms with Crippen molar-refractivity contribution in [2.24, 2.45) is 0 Å². The number of nitrogens with one attached hydrogen (secondary N) is 1. The van der Waals surface area contributed by atoms with E-state index in [9.17, 15) is 23.2 Å². The van der Waals surface area contributed by atoms with Gasteiger partial charge in [0.25, 0.3) is 0 Å². The average molecular weight is 622 g/mol. The van der Waals surface area contributed by atoms with Crippen LogP contribution in [0.3, 0.4) is 0 Å². The maximum Gasteiger partial charge on any atom is 0.433 e. The maximum atomic E-state index is 13.6. The Kier molecular flexibility index (Phi) is 7.31. The van der Waals surface area contributed by atoms with Gasteiger partial charge in [-0.25, -0.2) is 19.7 Å². The van der Waals surface area contributed by atoms with E-state index in [1.54, 1.807) is 6.20 Å². The first kappa shape index (κ1) is 29.0. The van der Waals surface area contributed by atoms with Crippen LogP contribution in [0.25, 0.3) is 22.3 Å². The van der Waals surface area contributed by atoms with Crippen LogP contribution in [-0.2, 0) is 23.0 Å². The number of aromatic amines is 1. The summed E-state index contributed by atoms with van der Waals surface area (Å²) in [5.74, 6) is -0.0994. The lowest BCUT2D eigenvalue weighted by molar-refractivity contribution is -0.141. The molecule has 0 bridgehead atoms. The number of aromatic nitrogens is 6. The highest BCUT2D eigenvalue weighted by Gasteiger charge is 2.49. The molecule has 3 fully saturated rings. The molecular formula is C30H30F3N9O3. The molecule has 0 radical (unpaired) electrons. The molecule has 4 aromatic rings. The monoisotopic (exact) mass is 621 g/mol. The van der Waals surface area contributed by atoms with Crippen LogP contribution in [0, 0.1) is 11.3 Å². The summed E-state index contributed by atoms with van der Waals surface area (Å²) in [6, 6.07) is 6.93. The highest BCUT2D eigenvalue weighted by atomic mass is 19.4. The third kappa shape index (κ3) is 5.66. The van der Waals surface area contributed by atoms with Gasteiger partial charge >= 0.3 is 12.3 Å². The zero-order chi connectivity index (χ0) is 31.2. The van der Waals surface area contributed by atoms with Gasteiger partial charge in [0.05, 0.1) is 36.5 Å². The molecule has 234 valence electrons. The molecule has 0 atom stereocenters. The molecule has 7 rings (SSSR count). The number of pyridine rings is 1. The van der Waals surface area contributed by atoms with Gasteiger partial charge in [0.15, 0.2) is 0 Å². The van der Waals surface area contributed by atoms with Crippen LogP contribution in [0.4, 0.5) is 18.0 Å². The SMILES string of the molecule is N#CC[C@]1(n2cc(-c3ncnc4[nH]ccc34)cn2)C[C@@H](N2CCC(Oc3cc(CN4CCOC4=O)cc(C(F)(F)F)n3)CC2)C1. The molecule has 3 aliphatic rings. The molecule has 2 aliphatic heterocycles. The molecular weight excluding hydrogens is 591 g/mol. The summed E-state index contributed by atoms with van der Waals surface area (Å²) in [6.45, 7) is 1.92. The van der Waals surface area contributed by atoms with Gasteiger partial charge in [-0.05, 0) is 43.4 Å². The first-order valence-corrected chi connectivity index (χ1v) is 14.8. The van der Waals surface area contributed by atoms with Crippen molar-refractivity contribution >= 4 is 17.1 Å². The number of cyclic esters (lactones) is 1. The molecule has 1 saturated carbocycles. The zero-order valence-corrected chi connectivity index (χ0v) is 24.2. The van der Waals surface area contributed by atoms with Crippen LogP contribution in [-0.4, -0.2) is 84.0 Å². The highest BCUT2D eigenvalue weighted by molar-refractivity contribution is 5.90. The van der Waals surface area contributed by atoms with Crippen molar-refractivity contribution in [1.29, 1.82) is 5.26 Å².